The molecule has 2 heteroatoms. The van der Waals surface area contributed by atoms with Crippen molar-refractivity contribution in [3.05, 3.63) is 24.2 Å². The van der Waals surface area contributed by atoms with Crippen molar-refractivity contribution in [2.24, 2.45) is 0 Å². The Balaban J connectivity index is 2.25. The van der Waals surface area contributed by atoms with E-state index in [1.54, 1.807) is 12.5 Å². The molecule has 68 valence electrons. The van der Waals surface area contributed by atoms with Crippen LogP contribution in [0.15, 0.2) is 23.0 Å². The molecule has 0 saturated heterocycles. The standard InChI is InChI=1S/C10H17NO/c1-3-4-6-11-9(2)10-5-7-12-8-10/h5,7-9,11H,3-4,6H2,1-2H3. The molecule has 12 heavy (non-hydrogen) atoms. The van der Waals surface area contributed by atoms with Gasteiger partial charge in [0.15, 0.2) is 0 Å². The van der Waals surface area contributed by atoms with E-state index in [4.69, 9.17) is 4.42 Å². The smallest absolute Gasteiger partial charge is 0.0950 e. The molecule has 0 aliphatic heterocycles. The lowest BCUT2D eigenvalue weighted by atomic mass is 10.2. The Kier molecular flexibility index (Phi) is 3.88. The average molecular weight is 167 g/mol. The Morgan fingerprint density at radius 1 is 1.58 bits per heavy atom. The summed E-state index contributed by atoms with van der Waals surface area (Å²) in [5, 5.41) is 3.43. The van der Waals surface area contributed by atoms with Crippen molar-refractivity contribution < 1.29 is 4.42 Å². The Labute approximate surface area is 74.0 Å². The molecular formula is C10H17NO. The van der Waals surface area contributed by atoms with E-state index in [-0.39, 0.29) is 0 Å². The van der Waals surface area contributed by atoms with Crippen LogP contribution in [0.5, 0.6) is 0 Å². The fraction of sp³-hybridized carbons (Fsp3) is 0.600. The Morgan fingerprint density at radius 2 is 2.42 bits per heavy atom. The highest BCUT2D eigenvalue weighted by atomic mass is 16.3. The normalized spacial score (nSPS) is 13.2. The molecule has 1 rings (SSSR count). The van der Waals surface area contributed by atoms with Gasteiger partial charge in [0.25, 0.3) is 0 Å². The second-order valence-electron chi connectivity index (χ2n) is 3.09. The van der Waals surface area contributed by atoms with Crippen LogP contribution in [0, 0.1) is 0 Å². The molecule has 1 atom stereocenters. The Morgan fingerprint density at radius 3 is 3.00 bits per heavy atom. The second-order valence-corrected chi connectivity index (χ2v) is 3.09. The van der Waals surface area contributed by atoms with Gasteiger partial charge in [-0.15, -0.1) is 0 Å². The predicted molar refractivity (Wildman–Crippen MR) is 50.0 cm³/mol. The number of nitrogens with one attached hydrogen (secondary N) is 1. The van der Waals surface area contributed by atoms with E-state index >= 15 is 0 Å². The average Bonchev–Trinajstić information content (AvgIpc) is 2.56. The largest absolute Gasteiger partial charge is 0.472 e. The van der Waals surface area contributed by atoms with Crippen molar-refractivity contribution in [2.75, 3.05) is 6.54 Å². The maximum atomic E-state index is 5.00. The van der Waals surface area contributed by atoms with Crippen molar-refractivity contribution in [3.63, 3.8) is 0 Å². The van der Waals surface area contributed by atoms with Crippen LogP contribution in [0.1, 0.15) is 38.3 Å². The van der Waals surface area contributed by atoms with Crippen molar-refractivity contribution in [2.45, 2.75) is 32.7 Å². The van der Waals surface area contributed by atoms with Gasteiger partial charge in [0.1, 0.15) is 0 Å². The van der Waals surface area contributed by atoms with Crippen LogP contribution < -0.4 is 5.32 Å². The first-order chi connectivity index (χ1) is 5.84. The Bertz CT molecular complexity index is 194. The van der Waals surface area contributed by atoms with Crippen LogP contribution in [-0.2, 0) is 0 Å². The molecular weight excluding hydrogens is 150 g/mol. The van der Waals surface area contributed by atoms with Crippen LogP contribution in [-0.4, -0.2) is 6.54 Å². The predicted octanol–water partition coefficient (Wildman–Crippen LogP) is 2.73. The van der Waals surface area contributed by atoms with Crippen LogP contribution >= 0.6 is 0 Å². The molecule has 0 aliphatic rings. The number of unbranched alkanes of at least 4 members (excludes halogenated alkanes) is 1. The minimum absolute atomic E-state index is 0.412. The zero-order valence-corrected chi connectivity index (χ0v) is 7.84. The van der Waals surface area contributed by atoms with Crippen LogP contribution in [0.4, 0.5) is 0 Å². The fourth-order valence-corrected chi connectivity index (χ4v) is 1.13. The van der Waals surface area contributed by atoms with Gasteiger partial charge in [0.05, 0.1) is 12.5 Å². The number of hydrogen-bond acceptors (Lipinski definition) is 2. The van der Waals surface area contributed by atoms with Gasteiger partial charge in [0, 0.05) is 11.6 Å². The molecule has 2 nitrogen and oxygen atoms in total. The van der Waals surface area contributed by atoms with E-state index in [0.29, 0.717) is 6.04 Å². The summed E-state index contributed by atoms with van der Waals surface area (Å²) in [5.41, 5.74) is 1.23. The maximum Gasteiger partial charge on any atom is 0.0950 e. The third kappa shape index (κ3) is 2.70. The molecule has 1 aromatic rings. The summed E-state index contributed by atoms with van der Waals surface area (Å²) in [6.07, 6.45) is 5.99. The van der Waals surface area contributed by atoms with Gasteiger partial charge in [-0.05, 0) is 26.0 Å². The first kappa shape index (κ1) is 9.33. The summed E-state index contributed by atoms with van der Waals surface area (Å²) in [7, 11) is 0. The third-order valence-corrected chi connectivity index (χ3v) is 2.02. The molecule has 1 N–H and O–H groups in total. The lowest BCUT2D eigenvalue weighted by Gasteiger charge is -2.10. The zero-order chi connectivity index (χ0) is 8.81. The molecule has 1 heterocycles. The van der Waals surface area contributed by atoms with Crippen LogP contribution in [0.3, 0.4) is 0 Å². The number of hydrogen-bond donors (Lipinski definition) is 1. The molecule has 0 spiro atoms. The summed E-state index contributed by atoms with van der Waals surface area (Å²) in [4.78, 5) is 0. The molecule has 0 bridgehead atoms. The zero-order valence-electron chi connectivity index (χ0n) is 7.84. The van der Waals surface area contributed by atoms with Gasteiger partial charge < -0.3 is 9.73 Å². The molecule has 0 radical (unpaired) electrons. The van der Waals surface area contributed by atoms with Gasteiger partial charge in [-0.1, -0.05) is 13.3 Å². The van der Waals surface area contributed by atoms with E-state index in [9.17, 15) is 0 Å². The maximum absolute atomic E-state index is 5.00. The molecule has 1 aromatic heterocycles. The number of rotatable bonds is 5. The van der Waals surface area contributed by atoms with Gasteiger partial charge in [-0.2, -0.15) is 0 Å². The summed E-state index contributed by atoms with van der Waals surface area (Å²) in [5.74, 6) is 0. The van der Waals surface area contributed by atoms with Crippen LogP contribution in [0.25, 0.3) is 0 Å². The van der Waals surface area contributed by atoms with Gasteiger partial charge in [-0.25, -0.2) is 0 Å². The highest BCUT2D eigenvalue weighted by Crippen LogP contribution is 2.11. The fourth-order valence-electron chi connectivity index (χ4n) is 1.13. The van der Waals surface area contributed by atoms with Crippen molar-refractivity contribution in [1.82, 2.24) is 5.32 Å². The van der Waals surface area contributed by atoms with Crippen molar-refractivity contribution in [3.8, 4) is 0 Å². The summed E-state index contributed by atoms with van der Waals surface area (Å²) in [6.45, 7) is 5.44. The second kappa shape index (κ2) is 4.99. The molecule has 0 saturated carbocycles. The highest BCUT2D eigenvalue weighted by molar-refractivity contribution is 5.09. The first-order valence-electron chi connectivity index (χ1n) is 4.60. The summed E-state index contributed by atoms with van der Waals surface area (Å²) in [6, 6.07) is 2.42. The van der Waals surface area contributed by atoms with E-state index in [0.717, 1.165) is 6.54 Å². The lowest BCUT2D eigenvalue weighted by molar-refractivity contribution is 0.531. The number of furan rings is 1. The SMILES string of the molecule is CCCCNC(C)c1ccoc1. The van der Waals surface area contributed by atoms with E-state index in [2.05, 4.69) is 19.2 Å². The highest BCUT2D eigenvalue weighted by Gasteiger charge is 2.03. The van der Waals surface area contributed by atoms with Crippen molar-refractivity contribution in [1.29, 1.82) is 0 Å². The third-order valence-electron chi connectivity index (χ3n) is 2.02. The van der Waals surface area contributed by atoms with E-state index < -0.39 is 0 Å². The van der Waals surface area contributed by atoms with E-state index in [1.165, 1.54) is 18.4 Å². The molecule has 0 fully saturated rings. The Hall–Kier alpha value is -0.760. The molecule has 0 amide bonds. The lowest BCUT2D eigenvalue weighted by Crippen LogP contribution is -2.19. The van der Waals surface area contributed by atoms with Gasteiger partial charge >= 0.3 is 0 Å². The monoisotopic (exact) mass is 167 g/mol. The van der Waals surface area contributed by atoms with Gasteiger partial charge in [0.2, 0.25) is 0 Å². The summed E-state index contributed by atoms with van der Waals surface area (Å²) < 4.78 is 5.00. The molecule has 0 aliphatic carbocycles. The quantitative estimate of drug-likeness (QED) is 0.682. The minimum atomic E-state index is 0.412. The topological polar surface area (TPSA) is 25.2 Å². The molecule has 1 unspecified atom stereocenters. The van der Waals surface area contributed by atoms with Crippen molar-refractivity contribution >= 4 is 0 Å². The minimum Gasteiger partial charge on any atom is -0.472 e. The summed E-state index contributed by atoms with van der Waals surface area (Å²) >= 11 is 0. The first-order valence-corrected chi connectivity index (χ1v) is 4.60. The van der Waals surface area contributed by atoms with Gasteiger partial charge in [-0.3, -0.25) is 0 Å². The van der Waals surface area contributed by atoms with Crippen LogP contribution in [0.2, 0.25) is 0 Å². The molecule has 0 aromatic carbocycles. The van der Waals surface area contributed by atoms with E-state index in [1.807, 2.05) is 6.07 Å².